The van der Waals surface area contributed by atoms with Crippen LogP contribution in [0.25, 0.3) is 0 Å². The van der Waals surface area contributed by atoms with Crippen molar-refractivity contribution in [2.45, 2.75) is 46.0 Å². The third-order valence-corrected chi connectivity index (χ3v) is 5.75. The number of fused-ring (bicyclic) bond motifs is 1. The molecule has 0 spiro atoms. The van der Waals surface area contributed by atoms with E-state index in [0.717, 1.165) is 42.2 Å². The van der Waals surface area contributed by atoms with E-state index in [-0.39, 0.29) is 5.91 Å². The maximum absolute atomic E-state index is 12.4. The number of anilines is 1. The van der Waals surface area contributed by atoms with E-state index >= 15 is 0 Å². The molecule has 0 aliphatic heterocycles. The van der Waals surface area contributed by atoms with Crippen LogP contribution in [0.5, 0.6) is 0 Å². The fraction of sp³-hybridized carbons (Fsp3) is 0.533. The summed E-state index contributed by atoms with van der Waals surface area (Å²) in [5.74, 6) is 0.688. The molecule has 1 atom stereocenters. The Morgan fingerprint density at radius 3 is 3.14 bits per heavy atom. The number of nitrogens with zero attached hydrogens (tertiary/aromatic N) is 2. The van der Waals surface area contributed by atoms with Gasteiger partial charge in [0.05, 0.1) is 5.56 Å². The van der Waals surface area contributed by atoms with E-state index in [1.807, 2.05) is 5.38 Å². The lowest BCUT2D eigenvalue weighted by atomic mass is 9.88. The lowest BCUT2D eigenvalue weighted by Gasteiger charge is -2.18. The number of carbonyl (C=O) groups is 1. The van der Waals surface area contributed by atoms with Crippen LogP contribution in [0.15, 0.2) is 5.38 Å². The predicted octanol–water partition coefficient (Wildman–Crippen LogP) is 3.93. The summed E-state index contributed by atoms with van der Waals surface area (Å²) in [5, 5.41) is 14.6. The van der Waals surface area contributed by atoms with Crippen molar-refractivity contribution < 1.29 is 4.79 Å². The van der Waals surface area contributed by atoms with Crippen LogP contribution in [0.1, 0.15) is 52.5 Å². The number of thiophene rings is 1. The Bertz CT molecular complexity index is 647. The molecule has 4 nitrogen and oxygen atoms in total. The summed E-state index contributed by atoms with van der Waals surface area (Å²) in [4.78, 5) is 13.8. The Labute approximate surface area is 132 Å². The molecule has 21 heavy (non-hydrogen) atoms. The van der Waals surface area contributed by atoms with Crippen molar-refractivity contribution in [2.75, 3.05) is 5.32 Å². The molecule has 1 N–H and O–H groups in total. The summed E-state index contributed by atoms with van der Waals surface area (Å²) in [6.07, 6.45) is 5.24. The van der Waals surface area contributed by atoms with Gasteiger partial charge in [0.15, 0.2) is 0 Å². The van der Waals surface area contributed by atoms with Gasteiger partial charge in [0.1, 0.15) is 5.01 Å². The largest absolute Gasteiger partial charge is 0.296 e. The minimum Gasteiger partial charge on any atom is -0.296 e. The standard InChI is InChI=1S/C15H19N3OS2/c1-3-4-13-17-18-15(21-13)16-14(19)11-8-20-12-7-9(2)5-6-10(11)12/h8-9H,3-7H2,1-2H3,(H,16,18,19)/t9-/m1/s1. The molecule has 0 unspecified atom stereocenters. The fourth-order valence-corrected chi connectivity index (χ4v) is 4.73. The molecular formula is C15H19N3OS2. The number of hydrogen-bond donors (Lipinski definition) is 1. The van der Waals surface area contributed by atoms with E-state index in [9.17, 15) is 4.79 Å². The number of rotatable bonds is 4. The van der Waals surface area contributed by atoms with E-state index in [1.54, 1.807) is 11.3 Å². The van der Waals surface area contributed by atoms with E-state index in [4.69, 9.17) is 0 Å². The predicted molar refractivity (Wildman–Crippen MR) is 87.4 cm³/mol. The highest BCUT2D eigenvalue weighted by molar-refractivity contribution is 7.15. The summed E-state index contributed by atoms with van der Waals surface area (Å²) in [6, 6.07) is 0. The van der Waals surface area contributed by atoms with Gasteiger partial charge in [-0.25, -0.2) is 0 Å². The Morgan fingerprint density at radius 2 is 2.33 bits per heavy atom. The van der Waals surface area contributed by atoms with Gasteiger partial charge >= 0.3 is 0 Å². The molecule has 2 aromatic heterocycles. The zero-order valence-corrected chi connectivity index (χ0v) is 13.9. The first-order valence-electron chi connectivity index (χ1n) is 7.40. The van der Waals surface area contributed by atoms with Crippen molar-refractivity contribution in [1.82, 2.24) is 10.2 Å². The average Bonchev–Trinajstić information content (AvgIpc) is 3.05. The van der Waals surface area contributed by atoms with Crippen LogP contribution in [-0.4, -0.2) is 16.1 Å². The van der Waals surface area contributed by atoms with E-state index in [2.05, 4.69) is 29.4 Å². The second-order valence-electron chi connectivity index (χ2n) is 5.60. The summed E-state index contributed by atoms with van der Waals surface area (Å²) >= 11 is 3.18. The molecule has 0 fully saturated rings. The Kier molecular flexibility index (Phi) is 4.35. The van der Waals surface area contributed by atoms with Gasteiger partial charge in [-0.2, -0.15) is 0 Å². The van der Waals surface area contributed by atoms with Gasteiger partial charge in [0.25, 0.3) is 5.91 Å². The highest BCUT2D eigenvalue weighted by atomic mass is 32.1. The zero-order valence-electron chi connectivity index (χ0n) is 12.3. The minimum absolute atomic E-state index is 0.0405. The lowest BCUT2D eigenvalue weighted by molar-refractivity contribution is 0.102. The second kappa shape index (κ2) is 6.23. The van der Waals surface area contributed by atoms with Crippen molar-refractivity contribution in [1.29, 1.82) is 0 Å². The van der Waals surface area contributed by atoms with Gasteiger partial charge in [0.2, 0.25) is 5.13 Å². The Hall–Kier alpha value is -1.27. The van der Waals surface area contributed by atoms with E-state index < -0.39 is 0 Å². The molecule has 0 saturated heterocycles. The summed E-state index contributed by atoms with van der Waals surface area (Å²) in [5.41, 5.74) is 2.07. The molecule has 1 aliphatic carbocycles. The number of hydrogen-bond acceptors (Lipinski definition) is 5. The monoisotopic (exact) mass is 321 g/mol. The maximum atomic E-state index is 12.4. The van der Waals surface area contributed by atoms with E-state index in [0.29, 0.717) is 5.13 Å². The highest BCUT2D eigenvalue weighted by Crippen LogP contribution is 2.33. The quantitative estimate of drug-likeness (QED) is 0.928. The van der Waals surface area contributed by atoms with Gasteiger partial charge in [-0.05, 0) is 37.2 Å². The first-order chi connectivity index (χ1) is 10.2. The van der Waals surface area contributed by atoms with Gasteiger partial charge in [0, 0.05) is 16.7 Å². The third kappa shape index (κ3) is 3.16. The van der Waals surface area contributed by atoms with E-state index in [1.165, 1.54) is 28.2 Å². The first-order valence-corrected chi connectivity index (χ1v) is 9.10. The SMILES string of the molecule is CCCc1nnc(NC(=O)c2csc3c2CC[C@@H](C)C3)s1. The number of nitrogens with one attached hydrogen (secondary N) is 1. The molecule has 1 aliphatic rings. The summed E-state index contributed by atoms with van der Waals surface area (Å²) in [6.45, 7) is 4.39. The lowest BCUT2D eigenvalue weighted by Crippen LogP contribution is -2.16. The topological polar surface area (TPSA) is 54.9 Å². The summed E-state index contributed by atoms with van der Waals surface area (Å²) in [7, 11) is 0. The number of aromatic nitrogens is 2. The molecule has 0 aromatic carbocycles. The second-order valence-corrected chi connectivity index (χ2v) is 7.63. The van der Waals surface area contributed by atoms with Gasteiger partial charge in [-0.1, -0.05) is 25.2 Å². The number of aryl methyl sites for hydroxylation is 1. The van der Waals surface area contributed by atoms with Crippen LogP contribution in [0.2, 0.25) is 0 Å². The van der Waals surface area contributed by atoms with Crippen LogP contribution >= 0.6 is 22.7 Å². The third-order valence-electron chi connectivity index (χ3n) is 3.80. The zero-order chi connectivity index (χ0) is 14.8. The highest BCUT2D eigenvalue weighted by Gasteiger charge is 2.23. The number of carbonyl (C=O) groups excluding carboxylic acids is 1. The van der Waals surface area contributed by atoms with Gasteiger partial charge < -0.3 is 0 Å². The molecule has 2 heterocycles. The molecule has 3 rings (SSSR count). The molecule has 0 radical (unpaired) electrons. The van der Waals surface area contributed by atoms with Crippen molar-refractivity contribution in [3.63, 3.8) is 0 Å². The molecule has 1 amide bonds. The molecule has 2 aromatic rings. The summed E-state index contributed by atoms with van der Waals surface area (Å²) < 4.78 is 0. The van der Waals surface area contributed by atoms with Crippen molar-refractivity contribution in [2.24, 2.45) is 5.92 Å². The smallest absolute Gasteiger partial charge is 0.258 e. The normalized spacial score (nSPS) is 17.5. The van der Waals surface area contributed by atoms with Crippen molar-refractivity contribution in [3.05, 3.63) is 26.4 Å². The Morgan fingerprint density at radius 1 is 1.48 bits per heavy atom. The molecular weight excluding hydrogens is 302 g/mol. The molecule has 0 bridgehead atoms. The fourth-order valence-electron chi connectivity index (χ4n) is 2.65. The Balaban J connectivity index is 1.73. The molecule has 112 valence electrons. The van der Waals surface area contributed by atoms with Crippen LogP contribution in [0.4, 0.5) is 5.13 Å². The van der Waals surface area contributed by atoms with Crippen molar-refractivity contribution in [3.8, 4) is 0 Å². The first kappa shape index (κ1) is 14.7. The van der Waals surface area contributed by atoms with Crippen LogP contribution < -0.4 is 5.32 Å². The van der Waals surface area contributed by atoms with Crippen LogP contribution in [0.3, 0.4) is 0 Å². The minimum atomic E-state index is -0.0405. The number of amides is 1. The van der Waals surface area contributed by atoms with Crippen LogP contribution in [0, 0.1) is 5.92 Å². The molecule has 6 heteroatoms. The van der Waals surface area contributed by atoms with Gasteiger partial charge in [-0.15, -0.1) is 21.5 Å². The van der Waals surface area contributed by atoms with Gasteiger partial charge in [-0.3, -0.25) is 10.1 Å². The van der Waals surface area contributed by atoms with Crippen LogP contribution in [-0.2, 0) is 19.3 Å². The maximum Gasteiger partial charge on any atom is 0.258 e. The molecule has 0 saturated carbocycles. The van der Waals surface area contributed by atoms with Crippen molar-refractivity contribution >= 4 is 33.7 Å². The average molecular weight is 321 g/mol.